The van der Waals surface area contributed by atoms with Crippen molar-refractivity contribution in [3.8, 4) is 0 Å². The molecule has 0 unspecified atom stereocenters. The van der Waals surface area contributed by atoms with Crippen LogP contribution in [0.15, 0.2) is 6.20 Å². The Morgan fingerprint density at radius 1 is 1.71 bits per heavy atom. The predicted octanol–water partition coefficient (Wildman–Crippen LogP) is 1.67. The summed E-state index contributed by atoms with van der Waals surface area (Å²) in [5.74, 6) is 0. The summed E-state index contributed by atoms with van der Waals surface area (Å²) in [7, 11) is 0. The summed E-state index contributed by atoms with van der Waals surface area (Å²) < 4.78 is 16.5. The van der Waals surface area contributed by atoms with Crippen molar-refractivity contribution in [2.75, 3.05) is 13.1 Å². The molecule has 0 bridgehead atoms. The summed E-state index contributed by atoms with van der Waals surface area (Å²) in [6, 6.07) is -0.0836. The first kappa shape index (κ1) is 10.4. The van der Waals surface area contributed by atoms with Gasteiger partial charge in [-0.1, -0.05) is 0 Å². The highest BCUT2D eigenvalue weighted by Gasteiger charge is 2.27. The molecular weight excluding hydrogens is 296 g/mol. The average Bonchev–Trinajstić information content (AvgIpc) is 2.49. The lowest BCUT2D eigenvalue weighted by molar-refractivity contribution is 0.171. The van der Waals surface area contributed by atoms with Crippen molar-refractivity contribution in [2.45, 2.75) is 25.6 Å². The SMILES string of the molecule is Cc1c(I)cnn1[C@H]1CCNC[C@@H]1F. The third-order valence-electron chi connectivity index (χ3n) is 2.67. The van der Waals surface area contributed by atoms with E-state index in [0.717, 1.165) is 22.2 Å². The van der Waals surface area contributed by atoms with Crippen molar-refractivity contribution in [1.29, 1.82) is 0 Å². The van der Waals surface area contributed by atoms with Gasteiger partial charge in [-0.25, -0.2) is 4.39 Å². The fourth-order valence-corrected chi connectivity index (χ4v) is 2.19. The van der Waals surface area contributed by atoms with E-state index in [4.69, 9.17) is 0 Å². The Labute approximate surface area is 96.2 Å². The lowest BCUT2D eigenvalue weighted by Gasteiger charge is -2.27. The van der Waals surface area contributed by atoms with E-state index in [1.165, 1.54) is 0 Å². The molecule has 2 atom stereocenters. The second kappa shape index (κ2) is 4.14. The van der Waals surface area contributed by atoms with Crippen molar-refractivity contribution in [3.05, 3.63) is 15.5 Å². The molecule has 0 aliphatic carbocycles. The number of nitrogens with zero attached hydrogens (tertiary/aromatic N) is 2. The molecule has 0 aromatic carbocycles. The van der Waals surface area contributed by atoms with Gasteiger partial charge in [-0.2, -0.15) is 5.10 Å². The monoisotopic (exact) mass is 309 g/mol. The molecule has 78 valence electrons. The van der Waals surface area contributed by atoms with Crippen LogP contribution in [0.1, 0.15) is 18.2 Å². The maximum atomic E-state index is 13.6. The van der Waals surface area contributed by atoms with Gasteiger partial charge in [0.15, 0.2) is 0 Å². The van der Waals surface area contributed by atoms with E-state index in [9.17, 15) is 4.39 Å². The van der Waals surface area contributed by atoms with Crippen LogP contribution < -0.4 is 5.32 Å². The van der Waals surface area contributed by atoms with E-state index in [1.54, 1.807) is 6.20 Å². The highest BCUT2D eigenvalue weighted by atomic mass is 127. The Balaban J connectivity index is 2.24. The second-order valence-corrected chi connectivity index (χ2v) is 4.76. The zero-order valence-corrected chi connectivity index (χ0v) is 10.2. The van der Waals surface area contributed by atoms with Gasteiger partial charge >= 0.3 is 0 Å². The van der Waals surface area contributed by atoms with Gasteiger partial charge in [-0.3, -0.25) is 4.68 Å². The van der Waals surface area contributed by atoms with Gasteiger partial charge in [0.1, 0.15) is 6.17 Å². The Bertz CT molecular complexity index is 326. The molecule has 1 aliphatic rings. The number of rotatable bonds is 1. The minimum absolute atomic E-state index is 0.0836. The van der Waals surface area contributed by atoms with Gasteiger partial charge in [0.25, 0.3) is 0 Å². The number of alkyl halides is 1. The number of nitrogens with one attached hydrogen (secondary N) is 1. The van der Waals surface area contributed by atoms with Crippen LogP contribution in [0, 0.1) is 10.5 Å². The molecule has 2 heterocycles. The minimum atomic E-state index is -0.821. The van der Waals surface area contributed by atoms with E-state index < -0.39 is 6.17 Å². The fraction of sp³-hybridized carbons (Fsp3) is 0.667. The van der Waals surface area contributed by atoms with Crippen LogP contribution in [-0.4, -0.2) is 29.0 Å². The second-order valence-electron chi connectivity index (χ2n) is 3.60. The van der Waals surface area contributed by atoms with Gasteiger partial charge in [-0.05, 0) is 42.5 Å². The van der Waals surface area contributed by atoms with Crippen molar-refractivity contribution in [3.63, 3.8) is 0 Å². The topological polar surface area (TPSA) is 29.9 Å². The number of hydrogen-bond donors (Lipinski definition) is 1. The molecule has 0 saturated carbocycles. The van der Waals surface area contributed by atoms with Gasteiger partial charge in [0.2, 0.25) is 0 Å². The fourth-order valence-electron chi connectivity index (χ4n) is 1.82. The maximum absolute atomic E-state index is 13.6. The number of aromatic nitrogens is 2. The van der Waals surface area contributed by atoms with Gasteiger partial charge < -0.3 is 5.32 Å². The van der Waals surface area contributed by atoms with E-state index in [-0.39, 0.29) is 6.04 Å². The lowest BCUT2D eigenvalue weighted by atomic mass is 10.1. The van der Waals surface area contributed by atoms with Gasteiger partial charge in [0, 0.05) is 12.2 Å². The first-order valence-electron chi connectivity index (χ1n) is 4.74. The molecule has 1 fully saturated rings. The zero-order chi connectivity index (χ0) is 10.1. The molecule has 3 nitrogen and oxygen atoms in total. The molecule has 2 rings (SSSR count). The molecular formula is C9H13FIN3. The van der Waals surface area contributed by atoms with Crippen LogP contribution in [-0.2, 0) is 0 Å². The van der Waals surface area contributed by atoms with Crippen LogP contribution in [0.3, 0.4) is 0 Å². The van der Waals surface area contributed by atoms with Gasteiger partial charge in [-0.15, -0.1) is 0 Å². The van der Waals surface area contributed by atoms with Crippen LogP contribution in [0.2, 0.25) is 0 Å². The molecule has 0 amide bonds. The summed E-state index contributed by atoms with van der Waals surface area (Å²) in [5.41, 5.74) is 1.07. The number of piperidine rings is 1. The van der Waals surface area contributed by atoms with Crippen LogP contribution in [0.25, 0.3) is 0 Å². The molecule has 0 spiro atoms. The largest absolute Gasteiger partial charge is 0.314 e. The molecule has 1 N–H and O–H groups in total. The maximum Gasteiger partial charge on any atom is 0.135 e. The smallest absolute Gasteiger partial charge is 0.135 e. The Hall–Kier alpha value is -0.170. The third-order valence-corrected chi connectivity index (χ3v) is 3.73. The molecule has 1 aliphatic heterocycles. The van der Waals surface area contributed by atoms with Gasteiger partial charge in [0.05, 0.1) is 15.8 Å². The molecule has 0 radical (unpaired) electrons. The van der Waals surface area contributed by atoms with Crippen molar-refractivity contribution in [1.82, 2.24) is 15.1 Å². The Morgan fingerprint density at radius 2 is 2.50 bits per heavy atom. The van der Waals surface area contributed by atoms with Crippen molar-refractivity contribution < 1.29 is 4.39 Å². The minimum Gasteiger partial charge on any atom is -0.314 e. The molecule has 1 saturated heterocycles. The standard InChI is InChI=1S/C9H13FIN3/c1-6-8(11)5-13-14(6)9-2-3-12-4-7(9)10/h5,7,9,12H,2-4H2,1H3/t7-,9-/m0/s1. The summed E-state index contributed by atoms with van der Waals surface area (Å²) in [5, 5.41) is 7.27. The molecule has 5 heteroatoms. The number of halogens is 2. The first-order chi connectivity index (χ1) is 6.70. The summed E-state index contributed by atoms with van der Waals surface area (Å²) in [6.07, 6.45) is 1.79. The predicted molar refractivity (Wildman–Crippen MR) is 61.1 cm³/mol. The Morgan fingerprint density at radius 3 is 3.07 bits per heavy atom. The molecule has 1 aromatic heterocycles. The summed E-state index contributed by atoms with van der Waals surface area (Å²) >= 11 is 2.23. The molecule has 14 heavy (non-hydrogen) atoms. The Kier molecular flexibility index (Phi) is 3.06. The van der Waals surface area contributed by atoms with E-state index in [1.807, 2.05) is 11.6 Å². The quantitative estimate of drug-likeness (QED) is 0.800. The normalized spacial score (nSPS) is 27.9. The summed E-state index contributed by atoms with van der Waals surface area (Å²) in [4.78, 5) is 0. The van der Waals surface area contributed by atoms with E-state index in [0.29, 0.717) is 6.54 Å². The van der Waals surface area contributed by atoms with Crippen molar-refractivity contribution in [2.24, 2.45) is 0 Å². The molecule has 1 aromatic rings. The van der Waals surface area contributed by atoms with Crippen LogP contribution >= 0.6 is 22.6 Å². The lowest BCUT2D eigenvalue weighted by Crippen LogP contribution is -2.39. The zero-order valence-electron chi connectivity index (χ0n) is 8.00. The first-order valence-corrected chi connectivity index (χ1v) is 5.82. The average molecular weight is 309 g/mol. The summed E-state index contributed by atoms with van der Waals surface area (Å²) in [6.45, 7) is 3.31. The van der Waals surface area contributed by atoms with E-state index in [2.05, 4.69) is 33.0 Å². The number of hydrogen-bond acceptors (Lipinski definition) is 2. The van der Waals surface area contributed by atoms with Crippen LogP contribution in [0.5, 0.6) is 0 Å². The highest BCUT2D eigenvalue weighted by molar-refractivity contribution is 14.1. The van der Waals surface area contributed by atoms with E-state index >= 15 is 0 Å². The van der Waals surface area contributed by atoms with Crippen molar-refractivity contribution >= 4 is 22.6 Å². The highest BCUT2D eigenvalue weighted by Crippen LogP contribution is 2.24. The third kappa shape index (κ3) is 1.79. The van der Waals surface area contributed by atoms with Crippen LogP contribution in [0.4, 0.5) is 4.39 Å².